The highest BCUT2D eigenvalue weighted by molar-refractivity contribution is 6.36. The van der Waals surface area contributed by atoms with Gasteiger partial charge in [0.05, 0.1) is 24.8 Å². The number of benzene rings is 3. The van der Waals surface area contributed by atoms with Crippen LogP contribution < -0.4 is 5.32 Å². The second kappa shape index (κ2) is 8.97. The molecule has 32 heavy (non-hydrogen) atoms. The number of aryl methyl sites for hydroxylation is 2. The zero-order valence-electron chi connectivity index (χ0n) is 18.9. The fourth-order valence-corrected chi connectivity index (χ4v) is 3.91. The number of hydrogen-bond acceptors (Lipinski definition) is 4. The lowest BCUT2D eigenvalue weighted by atomic mass is 9.99. The molecule has 0 fully saturated rings. The number of rotatable bonds is 7. The summed E-state index contributed by atoms with van der Waals surface area (Å²) in [5.41, 5.74) is 4.44. The minimum absolute atomic E-state index is 0.0308. The van der Waals surface area contributed by atoms with E-state index in [1.54, 1.807) is 0 Å². The summed E-state index contributed by atoms with van der Waals surface area (Å²) < 4.78 is 5.60. The Hall–Kier alpha value is -3.44. The Morgan fingerprint density at radius 1 is 0.906 bits per heavy atom. The molecule has 0 radical (unpaired) electrons. The number of imide groups is 1. The largest absolute Gasteiger partial charge is 0.377 e. The molecule has 0 unspecified atom stereocenters. The lowest BCUT2D eigenvalue weighted by molar-refractivity contribution is -0.137. The van der Waals surface area contributed by atoms with Crippen molar-refractivity contribution in [2.24, 2.45) is 0 Å². The van der Waals surface area contributed by atoms with Gasteiger partial charge in [0, 0.05) is 11.1 Å². The van der Waals surface area contributed by atoms with Crippen LogP contribution >= 0.6 is 0 Å². The minimum atomic E-state index is -0.330. The SMILES string of the molecule is Cc1ccc(C2=C(Nc3cccc4ccccc34)C(=O)N(CCOC(C)C)C2=O)cc1C. The van der Waals surface area contributed by atoms with Crippen LogP contribution in [0.5, 0.6) is 0 Å². The first-order valence-electron chi connectivity index (χ1n) is 10.9. The highest BCUT2D eigenvalue weighted by atomic mass is 16.5. The molecule has 0 bridgehead atoms. The molecule has 5 nitrogen and oxygen atoms in total. The molecule has 3 aromatic rings. The van der Waals surface area contributed by atoms with E-state index in [9.17, 15) is 9.59 Å². The molecule has 0 atom stereocenters. The highest BCUT2D eigenvalue weighted by Gasteiger charge is 2.39. The van der Waals surface area contributed by atoms with Gasteiger partial charge in [0.1, 0.15) is 5.70 Å². The molecule has 3 aromatic carbocycles. The molecule has 164 valence electrons. The predicted molar refractivity (Wildman–Crippen MR) is 128 cm³/mol. The van der Waals surface area contributed by atoms with Crippen LogP contribution in [0.2, 0.25) is 0 Å². The van der Waals surface area contributed by atoms with Crippen molar-refractivity contribution in [1.82, 2.24) is 4.90 Å². The number of nitrogens with zero attached hydrogens (tertiary/aromatic N) is 1. The predicted octanol–water partition coefficient (Wildman–Crippen LogP) is 5.07. The van der Waals surface area contributed by atoms with Crippen LogP contribution in [0, 0.1) is 13.8 Å². The van der Waals surface area contributed by atoms with Gasteiger partial charge in [-0.25, -0.2) is 0 Å². The summed E-state index contributed by atoms with van der Waals surface area (Å²) in [6.07, 6.45) is 0.0308. The van der Waals surface area contributed by atoms with E-state index in [0.717, 1.165) is 33.2 Å². The number of ether oxygens (including phenoxy) is 1. The quantitative estimate of drug-likeness (QED) is 0.534. The lowest BCUT2D eigenvalue weighted by Crippen LogP contribution is -2.35. The molecule has 1 aliphatic heterocycles. The number of anilines is 1. The smallest absolute Gasteiger partial charge is 0.278 e. The molecule has 5 heteroatoms. The zero-order chi connectivity index (χ0) is 22.8. The van der Waals surface area contributed by atoms with E-state index in [1.807, 2.05) is 88.4 Å². The summed E-state index contributed by atoms with van der Waals surface area (Å²) in [5.74, 6) is -0.628. The Balaban J connectivity index is 1.77. The third-order valence-electron chi connectivity index (χ3n) is 5.78. The van der Waals surface area contributed by atoms with Crippen LogP contribution in [0.4, 0.5) is 5.69 Å². The van der Waals surface area contributed by atoms with Gasteiger partial charge < -0.3 is 10.1 Å². The maximum Gasteiger partial charge on any atom is 0.278 e. The second-order valence-corrected chi connectivity index (χ2v) is 8.38. The molecule has 2 amide bonds. The van der Waals surface area contributed by atoms with Crippen LogP contribution in [0.25, 0.3) is 16.3 Å². The Morgan fingerprint density at radius 3 is 2.41 bits per heavy atom. The van der Waals surface area contributed by atoms with Gasteiger partial charge in [-0.3, -0.25) is 14.5 Å². The maximum atomic E-state index is 13.4. The van der Waals surface area contributed by atoms with Crippen molar-refractivity contribution in [2.75, 3.05) is 18.5 Å². The van der Waals surface area contributed by atoms with Crippen LogP contribution in [-0.4, -0.2) is 36.0 Å². The Morgan fingerprint density at radius 2 is 1.66 bits per heavy atom. The first-order chi connectivity index (χ1) is 15.4. The van der Waals surface area contributed by atoms with E-state index in [1.165, 1.54) is 4.90 Å². The van der Waals surface area contributed by atoms with Crippen LogP contribution in [0.1, 0.15) is 30.5 Å². The summed E-state index contributed by atoms with van der Waals surface area (Å²) in [4.78, 5) is 28.1. The fourth-order valence-electron chi connectivity index (χ4n) is 3.91. The van der Waals surface area contributed by atoms with E-state index in [4.69, 9.17) is 4.74 Å². The number of carbonyl (C=O) groups is 2. The van der Waals surface area contributed by atoms with Crippen molar-refractivity contribution in [3.05, 3.63) is 83.1 Å². The van der Waals surface area contributed by atoms with E-state index in [-0.39, 0.29) is 24.5 Å². The van der Waals surface area contributed by atoms with E-state index < -0.39 is 0 Å². The van der Waals surface area contributed by atoms with Crippen molar-refractivity contribution in [3.63, 3.8) is 0 Å². The van der Waals surface area contributed by atoms with Gasteiger partial charge in [-0.2, -0.15) is 0 Å². The van der Waals surface area contributed by atoms with E-state index >= 15 is 0 Å². The van der Waals surface area contributed by atoms with Gasteiger partial charge in [-0.1, -0.05) is 54.6 Å². The molecule has 0 aliphatic carbocycles. The van der Waals surface area contributed by atoms with E-state index in [0.29, 0.717) is 17.9 Å². The molecule has 1 heterocycles. The average molecular weight is 429 g/mol. The molecule has 0 saturated heterocycles. The summed E-state index contributed by atoms with van der Waals surface area (Å²) in [7, 11) is 0. The highest BCUT2D eigenvalue weighted by Crippen LogP contribution is 2.33. The van der Waals surface area contributed by atoms with Gasteiger partial charge in [0.25, 0.3) is 11.8 Å². The average Bonchev–Trinajstić information content (AvgIpc) is 3.00. The van der Waals surface area contributed by atoms with Gasteiger partial charge in [-0.05, 0) is 55.8 Å². The van der Waals surface area contributed by atoms with Crippen molar-refractivity contribution in [1.29, 1.82) is 0 Å². The normalized spacial score (nSPS) is 14.2. The van der Waals surface area contributed by atoms with Crippen molar-refractivity contribution in [3.8, 4) is 0 Å². The molecule has 1 N–H and O–H groups in total. The van der Waals surface area contributed by atoms with Crippen molar-refractivity contribution < 1.29 is 14.3 Å². The molecule has 0 aromatic heterocycles. The van der Waals surface area contributed by atoms with E-state index in [2.05, 4.69) is 5.32 Å². The Kier molecular flexibility index (Phi) is 6.10. The number of nitrogens with one attached hydrogen (secondary N) is 1. The second-order valence-electron chi connectivity index (χ2n) is 8.38. The molecule has 4 rings (SSSR count). The third-order valence-corrected chi connectivity index (χ3v) is 5.78. The standard InChI is InChI=1S/C27H28N2O3/c1-17(2)32-15-14-29-26(30)24(21-13-12-18(3)19(4)16-21)25(27(29)31)28-23-11-7-9-20-8-5-6-10-22(20)23/h5-13,16-17,28H,14-15H2,1-4H3. The first-order valence-corrected chi connectivity index (χ1v) is 10.9. The van der Waals surface area contributed by atoms with Crippen LogP contribution in [-0.2, 0) is 14.3 Å². The minimum Gasteiger partial charge on any atom is -0.377 e. The molecule has 1 aliphatic rings. The third kappa shape index (κ3) is 4.16. The zero-order valence-corrected chi connectivity index (χ0v) is 18.9. The first kappa shape index (κ1) is 21.8. The molecular weight excluding hydrogens is 400 g/mol. The monoisotopic (exact) mass is 428 g/mol. The van der Waals surface area contributed by atoms with Gasteiger partial charge in [0.15, 0.2) is 0 Å². The van der Waals surface area contributed by atoms with Gasteiger partial charge in [0.2, 0.25) is 0 Å². The molecule has 0 spiro atoms. The summed E-state index contributed by atoms with van der Waals surface area (Å²) in [6, 6.07) is 19.7. The lowest BCUT2D eigenvalue weighted by Gasteiger charge is -2.16. The summed E-state index contributed by atoms with van der Waals surface area (Å²) >= 11 is 0. The summed E-state index contributed by atoms with van der Waals surface area (Å²) in [5, 5.41) is 5.35. The van der Waals surface area contributed by atoms with Crippen LogP contribution in [0.15, 0.2) is 66.4 Å². The molecular formula is C27H28N2O3. The number of hydrogen-bond donors (Lipinski definition) is 1. The molecule has 0 saturated carbocycles. The van der Waals surface area contributed by atoms with Gasteiger partial charge in [-0.15, -0.1) is 0 Å². The van der Waals surface area contributed by atoms with Crippen molar-refractivity contribution >= 4 is 33.8 Å². The van der Waals surface area contributed by atoms with Gasteiger partial charge >= 0.3 is 0 Å². The Labute approximate surface area is 188 Å². The summed E-state index contributed by atoms with van der Waals surface area (Å²) in [6.45, 7) is 8.41. The number of fused-ring (bicyclic) bond motifs is 1. The number of carbonyl (C=O) groups excluding carboxylic acids is 2. The van der Waals surface area contributed by atoms with Crippen LogP contribution in [0.3, 0.4) is 0 Å². The number of amides is 2. The van der Waals surface area contributed by atoms with Crippen molar-refractivity contribution in [2.45, 2.75) is 33.8 Å². The fraction of sp³-hybridized carbons (Fsp3) is 0.259. The Bertz CT molecular complexity index is 1220. The maximum absolute atomic E-state index is 13.4. The topological polar surface area (TPSA) is 58.6 Å².